The van der Waals surface area contributed by atoms with Crippen LogP contribution in [0, 0.1) is 11.3 Å². The molecule has 1 aliphatic rings. The third kappa shape index (κ3) is 3.35. The van der Waals surface area contributed by atoms with Crippen molar-refractivity contribution in [2.45, 2.75) is 39.7 Å². The standard InChI is InChI=1S/C10H19NO2/c1-10(2,3)9(8-5-6-8)11-7-13-12-4/h7-9H,5-6H2,1-4H3/t9-/m0/s1. The van der Waals surface area contributed by atoms with Gasteiger partial charge in [0.15, 0.2) is 0 Å². The largest absolute Gasteiger partial charge is 0.326 e. The second-order valence-corrected chi connectivity index (χ2v) is 4.67. The lowest BCUT2D eigenvalue weighted by atomic mass is 9.84. The minimum Gasteiger partial charge on any atom is -0.326 e. The Hall–Kier alpha value is -0.570. The summed E-state index contributed by atoms with van der Waals surface area (Å²) in [6.45, 7) is 6.63. The summed E-state index contributed by atoms with van der Waals surface area (Å²) in [6, 6.07) is 0.364. The molecule has 0 heterocycles. The van der Waals surface area contributed by atoms with E-state index in [9.17, 15) is 0 Å². The third-order valence-corrected chi connectivity index (χ3v) is 2.32. The molecule has 0 N–H and O–H groups in total. The summed E-state index contributed by atoms with van der Waals surface area (Å²) in [6.07, 6.45) is 4.01. The number of nitrogens with zero attached hydrogens (tertiary/aromatic N) is 1. The van der Waals surface area contributed by atoms with Crippen molar-refractivity contribution in [3.05, 3.63) is 0 Å². The molecule has 76 valence electrons. The normalized spacial score (nSPS) is 20.6. The second kappa shape index (κ2) is 4.09. The zero-order valence-electron chi connectivity index (χ0n) is 8.91. The Morgan fingerprint density at radius 3 is 2.38 bits per heavy atom. The van der Waals surface area contributed by atoms with Gasteiger partial charge in [0.05, 0.1) is 13.2 Å². The Labute approximate surface area is 80.1 Å². The fraction of sp³-hybridized carbons (Fsp3) is 0.900. The molecule has 1 aliphatic carbocycles. The van der Waals surface area contributed by atoms with Crippen molar-refractivity contribution in [1.82, 2.24) is 0 Å². The van der Waals surface area contributed by atoms with E-state index in [1.165, 1.54) is 26.4 Å². The molecule has 0 bridgehead atoms. The van der Waals surface area contributed by atoms with Gasteiger partial charge < -0.3 is 4.89 Å². The molecule has 0 spiro atoms. The van der Waals surface area contributed by atoms with E-state index < -0.39 is 0 Å². The predicted molar refractivity (Wildman–Crippen MR) is 52.6 cm³/mol. The van der Waals surface area contributed by atoms with Crippen LogP contribution in [0.4, 0.5) is 0 Å². The highest BCUT2D eigenvalue weighted by Crippen LogP contribution is 2.42. The summed E-state index contributed by atoms with van der Waals surface area (Å²) in [5.41, 5.74) is 0.217. The van der Waals surface area contributed by atoms with Gasteiger partial charge in [0, 0.05) is 0 Å². The molecule has 0 aliphatic heterocycles. The van der Waals surface area contributed by atoms with Gasteiger partial charge in [-0.25, -0.2) is 0 Å². The van der Waals surface area contributed by atoms with Gasteiger partial charge in [0.1, 0.15) is 0 Å². The fourth-order valence-electron chi connectivity index (χ4n) is 1.60. The summed E-state index contributed by atoms with van der Waals surface area (Å²) in [5, 5.41) is 0. The van der Waals surface area contributed by atoms with Gasteiger partial charge in [-0.1, -0.05) is 20.8 Å². The lowest BCUT2D eigenvalue weighted by molar-refractivity contribution is -0.188. The quantitative estimate of drug-likeness (QED) is 0.291. The third-order valence-electron chi connectivity index (χ3n) is 2.32. The van der Waals surface area contributed by atoms with E-state index in [2.05, 4.69) is 35.5 Å². The van der Waals surface area contributed by atoms with Crippen LogP contribution in [-0.2, 0) is 9.78 Å². The van der Waals surface area contributed by atoms with E-state index in [0.29, 0.717) is 6.04 Å². The van der Waals surface area contributed by atoms with Gasteiger partial charge in [-0.15, -0.1) is 0 Å². The molecule has 13 heavy (non-hydrogen) atoms. The van der Waals surface area contributed by atoms with Crippen LogP contribution in [0.1, 0.15) is 33.6 Å². The first-order valence-corrected chi connectivity index (χ1v) is 4.77. The van der Waals surface area contributed by atoms with Gasteiger partial charge in [-0.3, -0.25) is 4.99 Å². The van der Waals surface area contributed by atoms with Gasteiger partial charge in [-0.2, -0.15) is 4.89 Å². The molecule has 1 fully saturated rings. The van der Waals surface area contributed by atoms with Crippen molar-refractivity contribution in [2.75, 3.05) is 7.11 Å². The maximum absolute atomic E-state index is 4.65. The Balaban J connectivity index is 2.47. The van der Waals surface area contributed by atoms with E-state index in [0.717, 1.165) is 5.92 Å². The predicted octanol–water partition coefficient (Wildman–Crippen LogP) is 2.42. The van der Waals surface area contributed by atoms with Crippen molar-refractivity contribution >= 4 is 6.40 Å². The first kappa shape index (κ1) is 10.5. The highest BCUT2D eigenvalue weighted by atomic mass is 17.2. The average Bonchev–Trinajstić information content (AvgIpc) is 2.78. The summed E-state index contributed by atoms with van der Waals surface area (Å²) in [7, 11) is 1.48. The topological polar surface area (TPSA) is 30.8 Å². The van der Waals surface area contributed by atoms with Gasteiger partial charge in [0.2, 0.25) is 6.40 Å². The molecule has 0 aromatic carbocycles. The van der Waals surface area contributed by atoms with Crippen molar-refractivity contribution in [3.63, 3.8) is 0 Å². The second-order valence-electron chi connectivity index (χ2n) is 4.67. The van der Waals surface area contributed by atoms with Crippen LogP contribution in [0.15, 0.2) is 4.99 Å². The van der Waals surface area contributed by atoms with Crippen LogP contribution >= 0.6 is 0 Å². The molecule has 1 rings (SSSR count). The van der Waals surface area contributed by atoms with Crippen molar-refractivity contribution in [1.29, 1.82) is 0 Å². The zero-order chi connectivity index (χ0) is 9.90. The average molecular weight is 185 g/mol. The van der Waals surface area contributed by atoms with Gasteiger partial charge in [0.25, 0.3) is 0 Å². The summed E-state index contributed by atoms with van der Waals surface area (Å²) in [4.78, 5) is 13.5. The number of rotatable bonds is 4. The summed E-state index contributed by atoms with van der Waals surface area (Å²) in [5.74, 6) is 0.747. The maximum atomic E-state index is 4.65. The van der Waals surface area contributed by atoms with Crippen molar-refractivity contribution in [2.24, 2.45) is 16.3 Å². The Kier molecular flexibility index (Phi) is 3.31. The molecule has 1 atom stereocenters. The van der Waals surface area contributed by atoms with Gasteiger partial charge in [-0.05, 0) is 24.2 Å². The summed E-state index contributed by atoms with van der Waals surface area (Å²) < 4.78 is 0. The van der Waals surface area contributed by atoms with Crippen molar-refractivity contribution < 1.29 is 9.78 Å². The maximum Gasteiger partial charge on any atom is 0.215 e. The highest BCUT2D eigenvalue weighted by Gasteiger charge is 2.38. The molecule has 0 aromatic heterocycles. The molecule has 3 heteroatoms. The van der Waals surface area contributed by atoms with Crippen LogP contribution in [0.2, 0.25) is 0 Å². The highest BCUT2D eigenvalue weighted by molar-refractivity contribution is 5.46. The minimum absolute atomic E-state index is 0.217. The van der Waals surface area contributed by atoms with Crippen LogP contribution in [0.5, 0.6) is 0 Å². The lowest BCUT2D eigenvalue weighted by Gasteiger charge is -2.26. The van der Waals surface area contributed by atoms with Crippen LogP contribution < -0.4 is 0 Å². The van der Waals surface area contributed by atoms with E-state index in [1.807, 2.05) is 0 Å². The SMILES string of the molecule is COOC=N[C@@H](C1CC1)C(C)(C)C. The van der Waals surface area contributed by atoms with Crippen molar-refractivity contribution in [3.8, 4) is 0 Å². The number of hydrogen-bond acceptors (Lipinski definition) is 3. The molecule has 0 unspecified atom stereocenters. The lowest BCUT2D eigenvalue weighted by Crippen LogP contribution is -2.26. The molecule has 1 saturated carbocycles. The van der Waals surface area contributed by atoms with Crippen LogP contribution in [0.3, 0.4) is 0 Å². The number of hydrogen-bond donors (Lipinski definition) is 0. The van der Waals surface area contributed by atoms with E-state index in [1.54, 1.807) is 0 Å². The Bertz CT molecular complexity index is 180. The molecule has 3 nitrogen and oxygen atoms in total. The van der Waals surface area contributed by atoms with Crippen LogP contribution in [0.25, 0.3) is 0 Å². The molecule has 0 saturated heterocycles. The Morgan fingerprint density at radius 1 is 1.38 bits per heavy atom. The van der Waals surface area contributed by atoms with Crippen LogP contribution in [-0.4, -0.2) is 19.6 Å². The van der Waals surface area contributed by atoms with E-state index in [-0.39, 0.29) is 5.41 Å². The monoisotopic (exact) mass is 185 g/mol. The molecule has 0 radical (unpaired) electrons. The summed E-state index contributed by atoms with van der Waals surface area (Å²) >= 11 is 0. The fourth-order valence-corrected chi connectivity index (χ4v) is 1.60. The molecular formula is C10H19NO2. The van der Waals surface area contributed by atoms with E-state index in [4.69, 9.17) is 0 Å². The smallest absolute Gasteiger partial charge is 0.215 e. The Morgan fingerprint density at radius 2 is 2.00 bits per heavy atom. The first-order valence-electron chi connectivity index (χ1n) is 4.77. The molecule has 0 amide bonds. The molecule has 0 aromatic rings. The first-order chi connectivity index (χ1) is 6.05. The van der Waals surface area contributed by atoms with E-state index >= 15 is 0 Å². The number of aliphatic imine (C=N–C) groups is 1. The van der Waals surface area contributed by atoms with Gasteiger partial charge >= 0.3 is 0 Å². The zero-order valence-corrected chi connectivity index (χ0v) is 8.91. The molecular weight excluding hydrogens is 166 g/mol. The minimum atomic E-state index is 0.217.